The van der Waals surface area contributed by atoms with Crippen LogP contribution in [0.4, 0.5) is 0 Å². The molecule has 1 unspecified atom stereocenters. The second-order valence-electron chi connectivity index (χ2n) is 4.92. The van der Waals surface area contributed by atoms with Gasteiger partial charge in [-0.25, -0.2) is 0 Å². The van der Waals surface area contributed by atoms with E-state index in [1.54, 1.807) is 0 Å². The number of hydrogen-bond acceptors (Lipinski definition) is 2. The summed E-state index contributed by atoms with van der Waals surface area (Å²) in [7, 11) is 2.25. The molecule has 2 heteroatoms. The lowest BCUT2D eigenvalue weighted by molar-refractivity contribution is 0.299. The predicted molar refractivity (Wildman–Crippen MR) is 62.6 cm³/mol. The molecule has 0 aromatic carbocycles. The molecule has 14 heavy (non-hydrogen) atoms. The molecule has 84 valence electrons. The van der Waals surface area contributed by atoms with Crippen molar-refractivity contribution in [3.8, 4) is 0 Å². The molecule has 0 heterocycles. The maximum atomic E-state index is 3.64. The lowest BCUT2D eigenvalue weighted by Gasteiger charge is -2.23. The van der Waals surface area contributed by atoms with E-state index in [0.29, 0.717) is 6.04 Å². The Morgan fingerprint density at radius 3 is 2.43 bits per heavy atom. The number of rotatable bonds is 7. The van der Waals surface area contributed by atoms with Gasteiger partial charge >= 0.3 is 0 Å². The molecule has 0 aromatic heterocycles. The topological polar surface area (TPSA) is 15.3 Å². The van der Waals surface area contributed by atoms with Crippen LogP contribution in [0.25, 0.3) is 0 Å². The molecule has 0 amide bonds. The van der Waals surface area contributed by atoms with Gasteiger partial charge in [0.2, 0.25) is 0 Å². The van der Waals surface area contributed by atoms with Crippen LogP contribution in [0.1, 0.15) is 40.0 Å². The van der Waals surface area contributed by atoms with Crippen molar-refractivity contribution in [1.29, 1.82) is 0 Å². The summed E-state index contributed by atoms with van der Waals surface area (Å²) < 4.78 is 0. The minimum atomic E-state index is 0.697. The quantitative estimate of drug-likeness (QED) is 0.674. The first kappa shape index (κ1) is 12.0. The fourth-order valence-corrected chi connectivity index (χ4v) is 1.98. The summed E-state index contributed by atoms with van der Waals surface area (Å²) >= 11 is 0. The monoisotopic (exact) mass is 198 g/mol. The van der Waals surface area contributed by atoms with E-state index in [1.807, 2.05) is 0 Å². The van der Waals surface area contributed by atoms with Crippen molar-refractivity contribution in [1.82, 2.24) is 10.2 Å². The summed E-state index contributed by atoms with van der Waals surface area (Å²) in [6.45, 7) is 9.21. The van der Waals surface area contributed by atoms with Gasteiger partial charge in [-0.15, -0.1) is 0 Å². The van der Waals surface area contributed by atoms with Gasteiger partial charge in [0.1, 0.15) is 0 Å². The summed E-state index contributed by atoms with van der Waals surface area (Å²) in [5.74, 6) is 0.756. The minimum Gasteiger partial charge on any atom is -0.312 e. The molecule has 1 rings (SSSR count). The Morgan fingerprint density at radius 2 is 2.00 bits per heavy atom. The van der Waals surface area contributed by atoms with Crippen LogP contribution in [0.15, 0.2) is 0 Å². The van der Waals surface area contributed by atoms with E-state index in [0.717, 1.165) is 18.5 Å². The summed E-state index contributed by atoms with van der Waals surface area (Å²) in [4.78, 5) is 2.49. The molecular formula is C12H26N2. The molecule has 1 atom stereocenters. The Labute approximate surface area is 89.1 Å². The molecule has 0 aliphatic heterocycles. The zero-order valence-electron chi connectivity index (χ0n) is 10.2. The van der Waals surface area contributed by atoms with Crippen molar-refractivity contribution < 1.29 is 0 Å². The van der Waals surface area contributed by atoms with Crippen LogP contribution in [-0.2, 0) is 0 Å². The van der Waals surface area contributed by atoms with Crippen molar-refractivity contribution in [3.63, 3.8) is 0 Å². The number of likely N-dealkylation sites (N-methyl/N-ethyl adjacent to an activating group) is 1. The molecule has 0 radical (unpaired) electrons. The van der Waals surface area contributed by atoms with E-state index in [2.05, 4.69) is 38.0 Å². The van der Waals surface area contributed by atoms with Gasteiger partial charge in [0.15, 0.2) is 0 Å². The van der Waals surface area contributed by atoms with Gasteiger partial charge in [-0.05, 0) is 32.2 Å². The summed E-state index contributed by atoms with van der Waals surface area (Å²) in [5, 5.41) is 3.64. The van der Waals surface area contributed by atoms with Crippen molar-refractivity contribution >= 4 is 0 Å². The highest BCUT2D eigenvalue weighted by Gasteiger charge is 2.25. The van der Waals surface area contributed by atoms with Gasteiger partial charge < -0.3 is 10.2 Å². The third-order valence-electron chi connectivity index (χ3n) is 3.29. The molecule has 0 saturated heterocycles. The predicted octanol–water partition coefficient (Wildman–Crippen LogP) is 2.10. The molecule has 1 aliphatic carbocycles. The van der Waals surface area contributed by atoms with Crippen molar-refractivity contribution in [2.45, 2.75) is 52.1 Å². The second-order valence-corrected chi connectivity index (χ2v) is 4.92. The summed E-state index contributed by atoms with van der Waals surface area (Å²) in [6, 6.07) is 1.60. The zero-order chi connectivity index (χ0) is 10.6. The standard InChI is InChI=1S/C12H26N2/c1-5-12(10(2)3)13-8-9-14(4)11-6-7-11/h10-13H,5-9H2,1-4H3. The van der Waals surface area contributed by atoms with Gasteiger partial charge in [-0.1, -0.05) is 20.8 Å². The minimum absolute atomic E-state index is 0.697. The molecule has 0 bridgehead atoms. The Balaban J connectivity index is 2.06. The van der Waals surface area contributed by atoms with Crippen LogP contribution in [0.3, 0.4) is 0 Å². The van der Waals surface area contributed by atoms with Crippen LogP contribution in [0.5, 0.6) is 0 Å². The molecule has 0 aromatic rings. The Kier molecular flexibility index (Phi) is 4.90. The van der Waals surface area contributed by atoms with E-state index in [1.165, 1.54) is 25.8 Å². The van der Waals surface area contributed by atoms with Crippen LogP contribution >= 0.6 is 0 Å². The fourth-order valence-electron chi connectivity index (χ4n) is 1.98. The highest BCUT2D eigenvalue weighted by molar-refractivity contribution is 4.82. The molecule has 1 N–H and O–H groups in total. The van der Waals surface area contributed by atoms with Gasteiger partial charge in [0.05, 0.1) is 0 Å². The Hall–Kier alpha value is -0.0800. The van der Waals surface area contributed by atoms with Gasteiger partial charge in [0, 0.05) is 25.2 Å². The smallest absolute Gasteiger partial charge is 0.0107 e. The van der Waals surface area contributed by atoms with Gasteiger partial charge in [-0.3, -0.25) is 0 Å². The highest BCUT2D eigenvalue weighted by atomic mass is 15.2. The normalized spacial score (nSPS) is 19.3. The third kappa shape index (κ3) is 3.97. The van der Waals surface area contributed by atoms with E-state index in [4.69, 9.17) is 0 Å². The first-order valence-corrected chi connectivity index (χ1v) is 6.08. The molecule has 2 nitrogen and oxygen atoms in total. The fraction of sp³-hybridized carbons (Fsp3) is 1.00. The van der Waals surface area contributed by atoms with Crippen molar-refractivity contribution in [2.24, 2.45) is 5.92 Å². The molecule has 0 spiro atoms. The third-order valence-corrected chi connectivity index (χ3v) is 3.29. The molecular weight excluding hydrogens is 172 g/mol. The lowest BCUT2D eigenvalue weighted by atomic mass is 10.0. The van der Waals surface area contributed by atoms with E-state index in [9.17, 15) is 0 Å². The lowest BCUT2D eigenvalue weighted by Crippen LogP contribution is -2.38. The summed E-state index contributed by atoms with van der Waals surface area (Å²) in [5.41, 5.74) is 0. The SMILES string of the molecule is CCC(NCCN(C)C1CC1)C(C)C. The Morgan fingerprint density at radius 1 is 1.36 bits per heavy atom. The van der Waals surface area contributed by atoms with Crippen LogP contribution < -0.4 is 5.32 Å². The first-order chi connectivity index (χ1) is 6.65. The largest absolute Gasteiger partial charge is 0.312 e. The highest BCUT2D eigenvalue weighted by Crippen LogP contribution is 2.24. The van der Waals surface area contributed by atoms with Gasteiger partial charge in [-0.2, -0.15) is 0 Å². The first-order valence-electron chi connectivity index (χ1n) is 6.08. The van der Waals surface area contributed by atoms with E-state index in [-0.39, 0.29) is 0 Å². The average Bonchev–Trinajstić information content (AvgIpc) is 2.94. The maximum absolute atomic E-state index is 3.64. The number of nitrogens with one attached hydrogen (secondary N) is 1. The van der Waals surface area contributed by atoms with Crippen molar-refractivity contribution in [2.75, 3.05) is 20.1 Å². The van der Waals surface area contributed by atoms with E-state index < -0.39 is 0 Å². The Bertz CT molecular complexity index is 152. The van der Waals surface area contributed by atoms with Crippen LogP contribution in [-0.4, -0.2) is 37.1 Å². The van der Waals surface area contributed by atoms with E-state index >= 15 is 0 Å². The summed E-state index contributed by atoms with van der Waals surface area (Å²) in [6.07, 6.45) is 4.07. The number of hydrogen-bond donors (Lipinski definition) is 1. The second kappa shape index (κ2) is 5.72. The van der Waals surface area contributed by atoms with Crippen LogP contribution in [0, 0.1) is 5.92 Å². The molecule has 1 saturated carbocycles. The molecule has 1 fully saturated rings. The number of nitrogens with zero attached hydrogens (tertiary/aromatic N) is 1. The maximum Gasteiger partial charge on any atom is 0.0107 e. The zero-order valence-corrected chi connectivity index (χ0v) is 10.2. The van der Waals surface area contributed by atoms with Crippen LogP contribution in [0.2, 0.25) is 0 Å². The average molecular weight is 198 g/mol. The van der Waals surface area contributed by atoms with Crippen molar-refractivity contribution in [3.05, 3.63) is 0 Å². The van der Waals surface area contributed by atoms with Gasteiger partial charge in [0.25, 0.3) is 0 Å². The molecule has 1 aliphatic rings.